The fourth-order valence-corrected chi connectivity index (χ4v) is 6.07. The third-order valence-electron chi connectivity index (χ3n) is 7.84. The Hall–Kier alpha value is -3.56. The Bertz CT molecular complexity index is 1660. The van der Waals surface area contributed by atoms with E-state index in [0.29, 0.717) is 5.92 Å². The van der Waals surface area contributed by atoms with Crippen molar-refractivity contribution in [2.24, 2.45) is 0 Å². The lowest BCUT2D eigenvalue weighted by molar-refractivity contribution is 0.654. The predicted molar refractivity (Wildman–Crippen MR) is 157 cm³/mol. The summed E-state index contributed by atoms with van der Waals surface area (Å²) >= 11 is 0. The molecular formula is C36H36. The number of hydrogen-bond donors (Lipinski definition) is 0. The summed E-state index contributed by atoms with van der Waals surface area (Å²) in [6.45, 7) is 13.1. The summed E-state index contributed by atoms with van der Waals surface area (Å²) in [5.41, 5.74) is 14.6. The van der Waals surface area contributed by atoms with Gasteiger partial charge in [-0.15, -0.1) is 0 Å². The summed E-state index contributed by atoms with van der Waals surface area (Å²) in [4.78, 5) is 0. The second kappa shape index (κ2) is 9.48. The van der Waals surface area contributed by atoms with Gasteiger partial charge in [-0.05, 0) is 91.1 Å². The Morgan fingerprint density at radius 3 is 2.36 bits per heavy atom. The molecule has 4 aromatic rings. The number of fused-ring (bicyclic) bond motifs is 2. The monoisotopic (exact) mass is 468 g/mol. The molecule has 0 saturated heterocycles. The van der Waals surface area contributed by atoms with Gasteiger partial charge in [-0.2, -0.15) is 0 Å². The van der Waals surface area contributed by atoms with Crippen molar-refractivity contribution in [3.05, 3.63) is 117 Å². The van der Waals surface area contributed by atoms with E-state index in [-0.39, 0.29) is 5.41 Å². The van der Waals surface area contributed by atoms with Crippen molar-refractivity contribution in [2.75, 3.05) is 0 Å². The average Bonchev–Trinajstić information content (AvgIpc) is 3.16. The smallest absolute Gasteiger partial charge is 0.0165 e. The highest BCUT2D eigenvalue weighted by molar-refractivity contribution is 6.13. The zero-order valence-electron chi connectivity index (χ0n) is 22.5. The Morgan fingerprint density at radius 2 is 1.56 bits per heavy atom. The lowest BCUT2D eigenvalue weighted by atomic mass is 9.81. The van der Waals surface area contributed by atoms with E-state index in [0.717, 1.165) is 0 Å². The van der Waals surface area contributed by atoms with Gasteiger partial charge in [0.05, 0.1) is 0 Å². The molecule has 7 rings (SSSR count). The van der Waals surface area contributed by atoms with Gasteiger partial charge >= 0.3 is 0 Å². The standard InChI is InChI=1S/C19H18.C15H12.C2H6/c1-12(2)16-10-8-15-7-6-13-4-3-5-14-9-11-17(16)19(15)18(13)14;1-15(2)13-9-5-3-7-11(13)12-8-4-6-10-14(12)15;1-2/h4,6-12H,3,5H2,1-2H3;3,5,7-10H,1-2H3;1-2H3. The normalized spacial score (nSPS) is 15.8. The van der Waals surface area contributed by atoms with Crippen LogP contribution in [0.15, 0.2) is 89.9 Å². The fraction of sp³-hybridized carbons (Fsp3) is 0.278. The molecule has 0 unspecified atom stereocenters. The molecule has 0 radical (unpaired) electrons. The van der Waals surface area contributed by atoms with Crippen molar-refractivity contribution in [2.45, 2.75) is 65.7 Å². The van der Waals surface area contributed by atoms with Crippen molar-refractivity contribution in [3.8, 4) is 0 Å². The minimum Gasteiger partial charge on any atom is -0.0763 e. The van der Waals surface area contributed by atoms with Gasteiger partial charge in [0.2, 0.25) is 0 Å². The maximum Gasteiger partial charge on any atom is 0.0165 e. The molecule has 36 heavy (non-hydrogen) atoms. The van der Waals surface area contributed by atoms with Gasteiger partial charge < -0.3 is 0 Å². The topological polar surface area (TPSA) is 0 Å². The zero-order valence-corrected chi connectivity index (χ0v) is 22.5. The summed E-state index contributed by atoms with van der Waals surface area (Å²) in [7, 11) is 0. The minimum absolute atomic E-state index is 0.109. The van der Waals surface area contributed by atoms with Crippen LogP contribution in [0.5, 0.6) is 0 Å². The largest absolute Gasteiger partial charge is 0.0763 e. The number of hydrogen-bond acceptors (Lipinski definition) is 0. The van der Waals surface area contributed by atoms with Crippen LogP contribution in [0.2, 0.25) is 0 Å². The quantitative estimate of drug-likeness (QED) is 0.244. The molecule has 0 N–H and O–H groups in total. The van der Waals surface area contributed by atoms with Crippen LogP contribution >= 0.6 is 0 Å². The molecule has 0 heterocycles. The van der Waals surface area contributed by atoms with Gasteiger partial charge in [0.1, 0.15) is 0 Å². The molecule has 0 amide bonds. The Balaban J connectivity index is 0.000000142. The van der Waals surface area contributed by atoms with E-state index >= 15 is 0 Å². The van der Waals surface area contributed by atoms with E-state index in [1.165, 1.54) is 73.0 Å². The van der Waals surface area contributed by atoms with E-state index in [2.05, 4.69) is 112 Å². The molecule has 3 aliphatic carbocycles. The molecule has 0 aliphatic heterocycles. The lowest BCUT2D eigenvalue weighted by Crippen LogP contribution is -2.15. The summed E-state index contributed by atoms with van der Waals surface area (Å²) in [5, 5.41) is 7.25. The first-order chi connectivity index (χ1) is 17.5. The molecule has 0 bridgehead atoms. The average molecular weight is 469 g/mol. The van der Waals surface area contributed by atoms with E-state index in [1.807, 2.05) is 19.9 Å². The van der Waals surface area contributed by atoms with Crippen LogP contribution in [0.4, 0.5) is 0 Å². The van der Waals surface area contributed by atoms with Crippen molar-refractivity contribution in [1.29, 1.82) is 0 Å². The minimum atomic E-state index is 0.109. The maximum absolute atomic E-state index is 3.06. The van der Waals surface area contributed by atoms with Crippen LogP contribution in [0.1, 0.15) is 76.1 Å². The molecule has 0 fully saturated rings. The molecule has 0 nitrogen and oxygen atoms in total. The van der Waals surface area contributed by atoms with Gasteiger partial charge in [-0.1, -0.05) is 120 Å². The van der Waals surface area contributed by atoms with Crippen LogP contribution in [0, 0.1) is 0 Å². The number of allylic oxidation sites excluding steroid dienone is 4. The Kier molecular flexibility index (Phi) is 6.36. The second-order valence-electron chi connectivity index (χ2n) is 10.5. The highest BCUT2D eigenvalue weighted by atomic mass is 14.4. The summed E-state index contributed by atoms with van der Waals surface area (Å²) in [6.07, 6.45) is 8.87. The van der Waals surface area contributed by atoms with E-state index in [9.17, 15) is 0 Å². The van der Waals surface area contributed by atoms with Crippen LogP contribution < -0.4 is 5.22 Å². The van der Waals surface area contributed by atoms with E-state index in [4.69, 9.17) is 0 Å². The zero-order chi connectivity index (χ0) is 25.4. The van der Waals surface area contributed by atoms with Gasteiger partial charge in [0, 0.05) is 5.41 Å². The van der Waals surface area contributed by atoms with Crippen molar-refractivity contribution in [1.82, 2.24) is 0 Å². The molecule has 3 aliphatic rings. The first kappa shape index (κ1) is 24.1. The molecule has 0 atom stereocenters. The van der Waals surface area contributed by atoms with E-state index < -0.39 is 0 Å². The maximum atomic E-state index is 3.06. The summed E-state index contributed by atoms with van der Waals surface area (Å²) in [5.74, 6) is 0.578. The SMILES string of the molecule is CC.CC(C)c1ccc2ccc3c4c(ccc1c24)CCC=3.CC1(C)C2=C(C=C=C=C2)c2ccccc21. The molecule has 180 valence electrons. The summed E-state index contributed by atoms with van der Waals surface area (Å²) < 4.78 is 0. The van der Waals surface area contributed by atoms with Crippen LogP contribution in [-0.4, -0.2) is 0 Å². The van der Waals surface area contributed by atoms with Gasteiger partial charge in [0.15, 0.2) is 0 Å². The first-order valence-corrected chi connectivity index (χ1v) is 13.5. The number of benzene rings is 4. The van der Waals surface area contributed by atoms with Crippen molar-refractivity contribution in [3.63, 3.8) is 0 Å². The van der Waals surface area contributed by atoms with Crippen LogP contribution in [-0.2, 0) is 11.8 Å². The molecule has 4 aromatic carbocycles. The van der Waals surface area contributed by atoms with Crippen molar-refractivity contribution < 1.29 is 0 Å². The van der Waals surface area contributed by atoms with Gasteiger partial charge in [-0.3, -0.25) is 0 Å². The Morgan fingerprint density at radius 1 is 0.806 bits per heavy atom. The molecule has 0 saturated carbocycles. The molecule has 0 heteroatoms. The van der Waals surface area contributed by atoms with Crippen LogP contribution in [0.3, 0.4) is 0 Å². The lowest BCUT2D eigenvalue weighted by Gasteiger charge is -2.22. The highest BCUT2D eigenvalue weighted by Crippen LogP contribution is 2.47. The van der Waals surface area contributed by atoms with E-state index in [1.54, 1.807) is 0 Å². The third-order valence-corrected chi connectivity index (χ3v) is 7.84. The molecule has 0 aromatic heterocycles. The fourth-order valence-electron chi connectivity index (χ4n) is 6.07. The first-order valence-electron chi connectivity index (χ1n) is 13.5. The number of aryl methyl sites for hydroxylation is 1. The summed E-state index contributed by atoms with van der Waals surface area (Å²) in [6, 6.07) is 22.5. The number of rotatable bonds is 1. The third kappa shape index (κ3) is 3.79. The van der Waals surface area contributed by atoms with Gasteiger partial charge in [-0.25, -0.2) is 0 Å². The molecule has 0 spiro atoms. The van der Waals surface area contributed by atoms with Crippen LogP contribution in [0.25, 0.3) is 33.2 Å². The second-order valence-corrected chi connectivity index (χ2v) is 10.5. The highest BCUT2D eigenvalue weighted by Gasteiger charge is 2.35. The van der Waals surface area contributed by atoms with Crippen molar-refractivity contribution >= 4 is 33.2 Å². The Labute approximate surface area is 216 Å². The van der Waals surface area contributed by atoms with Gasteiger partial charge in [0.25, 0.3) is 0 Å². The predicted octanol–water partition coefficient (Wildman–Crippen LogP) is 9.20. The molecular weight excluding hydrogens is 432 g/mol.